The lowest BCUT2D eigenvalue weighted by atomic mass is 10.0. The van der Waals surface area contributed by atoms with E-state index in [1.165, 1.54) is 5.56 Å². The number of hydrogen-bond donors (Lipinski definition) is 2. The molecule has 0 spiro atoms. The topological polar surface area (TPSA) is 72.3 Å². The van der Waals surface area contributed by atoms with Gasteiger partial charge in [-0.1, -0.05) is 42.5 Å². The molecule has 2 aromatic rings. The number of carboxylic acid groups (broad SMARTS) is 1. The van der Waals surface area contributed by atoms with Crippen molar-refractivity contribution in [1.82, 2.24) is 6.15 Å². The Morgan fingerprint density at radius 2 is 1.41 bits per heavy atom. The minimum atomic E-state index is -0.883. The van der Waals surface area contributed by atoms with Crippen LogP contribution in [0.15, 0.2) is 54.6 Å². The molecule has 0 fully saturated rings. The van der Waals surface area contributed by atoms with Gasteiger partial charge in [-0.25, -0.2) is 4.79 Å². The smallest absolute Gasteiger partial charge is 0.335 e. The molecule has 3 nitrogen and oxygen atoms in total. The summed E-state index contributed by atoms with van der Waals surface area (Å²) in [6, 6.07) is 17.1. The lowest BCUT2D eigenvalue weighted by Crippen LogP contribution is -1.96. The highest BCUT2D eigenvalue weighted by Crippen LogP contribution is 2.10. The Morgan fingerprint density at radius 1 is 0.882 bits per heavy atom. The average Bonchev–Trinajstić information content (AvgIpc) is 2.31. The van der Waals surface area contributed by atoms with Crippen LogP contribution in [0.4, 0.5) is 0 Å². The van der Waals surface area contributed by atoms with Crippen LogP contribution in [0.5, 0.6) is 0 Å². The minimum absolute atomic E-state index is 0. The molecule has 4 N–H and O–H groups in total. The highest BCUT2D eigenvalue weighted by atomic mass is 16.4. The Balaban J connectivity index is 0.00000144. The fourth-order valence-corrected chi connectivity index (χ4v) is 1.60. The Kier molecular flexibility index (Phi) is 4.43. The maximum absolute atomic E-state index is 10.7. The molecule has 2 rings (SSSR count). The molecule has 0 saturated heterocycles. The second-order valence-corrected chi connectivity index (χ2v) is 3.66. The summed E-state index contributed by atoms with van der Waals surface area (Å²) in [5, 5.41) is 8.77. The fraction of sp³-hybridized carbons (Fsp3) is 0.0714. The van der Waals surface area contributed by atoms with Crippen molar-refractivity contribution in [3.05, 3.63) is 71.3 Å². The van der Waals surface area contributed by atoms with E-state index in [-0.39, 0.29) is 6.15 Å². The molecule has 0 amide bonds. The van der Waals surface area contributed by atoms with E-state index in [2.05, 4.69) is 12.1 Å². The van der Waals surface area contributed by atoms with Crippen LogP contribution in [0.2, 0.25) is 0 Å². The van der Waals surface area contributed by atoms with Gasteiger partial charge in [0.15, 0.2) is 0 Å². The summed E-state index contributed by atoms with van der Waals surface area (Å²) in [5.74, 6) is -0.883. The summed E-state index contributed by atoms with van der Waals surface area (Å²) >= 11 is 0. The molecule has 0 atom stereocenters. The highest BCUT2D eigenvalue weighted by molar-refractivity contribution is 5.87. The van der Waals surface area contributed by atoms with Gasteiger partial charge in [0, 0.05) is 0 Å². The molecular formula is C14H15NO2. The summed E-state index contributed by atoms with van der Waals surface area (Å²) in [5.41, 5.74) is 2.68. The maximum atomic E-state index is 10.7. The van der Waals surface area contributed by atoms with Gasteiger partial charge in [0.1, 0.15) is 0 Å². The third-order valence-electron chi connectivity index (χ3n) is 2.45. The van der Waals surface area contributed by atoms with Gasteiger partial charge in [0.2, 0.25) is 0 Å². The normalized spacial score (nSPS) is 9.41. The summed E-state index contributed by atoms with van der Waals surface area (Å²) in [7, 11) is 0. The molecule has 0 aliphatic rings. The minimum Gasteiger partial charge on any atom is -0.478 e. The van der Waals surface area contributed by atoms with Crippen LogP contribution in [-0.4, -0.2) is 11.1 Å². The number of carboxylic acids is 1. The molecule has 0 aliphatic heterocycles. The average molecular weight is 229 g/mol. The van der Waals surface area contributed by atoms with Crippen LogP contribution in [0.25, 0.3) is 0 Å². The third-order valence-corrected chi connectivity index (χ3v) is 2.45. The van der Waals surface area contributed by atoms with Crippen molar-refractivity contribution < 1.29 is 9.90 Å². The Bertz CT molecular complexity index is 477. The van der Waals surface area contributed by atoms with Crippen molar-refractivity contribution in [2.24, 2.45) is 0 Å². The first kappa shape index (κ1) is 12.9. The van der Waals surface area contributed by atoms with Crippen LogP contribution < -0.4 is 6.15 Å². The first-order chi connectivity index (χ1) is 7.75. The van der Waals surface area contributed by atoms with Gasteiger partial charge in [-0.3, -0.25) is 0 Å². The summed E-state index contributed by atoms with van der Waals surface area (Å²) < 4.78 is 0. The van der Waals surface area contributed by atoms with E-state index in [1.54, 1.807) is 12.1 Å². The van der Waals surface area contributed by atoms with Crippen LogP contribution >= 0.6 is 0 Å². The van der Waals surface area contributed by atoms with E-state index in [0.717, 1.165) is 12.0 Å². The monoisotopic (exact) mass is 229 g/mol. The van der Waals surface area contributed by atoms with E-state index in [0.29, 0.717) is 5.56 Å². The Morgan fingerprint density at radius 3 is 1.94 bits per heavy atom. The first-order valence-electron chi connectivity index (χ1n) is 5.12. The molecule has 17 heavy (non-hydrogen) atoms. The quantitative estimate of drug-likeness (QED) is 0.849. The molecule has 0 saturated carbocycles. The van der Waals surface area contributed by atoms with Gasteiger partial charge in [-0.2, -0.15) is 0 Å². The molecule has 0 aromatic heterocycles. The van der Waals surface area contributed by atoms with Crippen molar-refractivity contribution >= 4 is 5.97 Å². The second-order valence-electron chi connectivity index (χ2n) is 3.66. The van der Waals surface area contributed by atoms with E-state index in [9.17, 15) is 4.79 Å². The highest BCUT2D eigenvalue weighted by Gasteiger charge is 2.01. The fourth-order valence-electron chi connectivity index (χ4n) is 1.60. The third kappa shape index (κ3) is 3.43. The molecule has 0 radical (unpaired) electrons. The van der Waals surface area contributed by atoms with Crippen LogP contribution in [0.3, 0.4) is 0 Å². The maximum Gasteiger partial charge on any atom is 0.335 e. The second kappa shape index (κ2) is 5.82. The van der Waals surface area contributed by atoms with Crippen molar-refractivity contribution in [3.8, 4) is 0 Å². The van der Waals surface area contributed by atoms with Crippen LogP contribution in [-0.2, 0) is 6.42 Å². The van der Waals surface area contributed by atoms with Gasteiger partial charge >= 0.3 is 5.97 Å². The molecule has 3 heteroatoms. The predicted molar refractivity (Wildman–Crippen MR) is 67.7 cm³/mol. The van der Waals surface area contributed by atoms with Gasteiger partial charge in [-0.15, -0.1) is 0 Å². The van der Waals surface area contributed by atoms with Crippen molar-refractivity contribution in [2.75, 3.05) is 0 Å². The molecule has 0 bridgehead atoms. The molecule has 0 heterocycles. The lowest BCUT2D eigenvalue weighted by molar-refractivity contribution is 0.0697. The number of benzene rings is 2. The molecule has 2 aromatic carbocycles. The number of carbonyl (C=O) groups is 1. The first-order valence-corrected chi connectivity index (χ1v) is 5.12. The zero-order valence-corrected chi connectivity index (χ0v) is 9.47. The van der Waals surface area contributed by atoms with E-state index in [4.69, 9.17) is 5.11 Å². The Hall–Kier alpha value is -2.13. The van der Waals surface area contributed by atoms with Crippen molar-refractivity contribution in [1.29, 1.82) is 0 Å². The standard InChI is InChI=1S/C14H12O2.H3N/c15-14(16)13-8-6-12(7-9-13)10-11-4-2-1-3-5-11;/h1-9H,10H2,(H,15,16);1H3. The number of rotatable bonds is 3. The lowest BCUT2D eigenvalue weighted by Gasteiger charge is -2.02. The summed E-state index contributed by atoms with van der Waals surface area (Å²) in [6.07, 6.45) is 0.834. The van der Waals surface area contributed by atoms with Gasteiger partial charge in [0.05, 0.1) is 5.56 Å². The molecule has 88 valence electrons. The van der Waals surface area contributed by atoms with Gasteiger partial charge in [-0.05, 0) is 29.7 Å². The van der Waals surface area contributed by atoms with Gasteiger partial charge < -0.3 is 11.3 Å². The Labute approximate surface area is 100 Å². The van der Waals surface area contributed by atoms with E-state index in [1.807, 2.05) is 30.3 Å². The largest absolute Gasteiger partial charge is 0.478 e. The van der Waals surface area contributed by atoms with Crippen LogP contribution in [0, 0.1) is 0 Å². The van der Waals surface area contributed by atoms with Crippen LogP contribution in [0.1, 0.15) is 21.5 Å². The van der Waals surface area contributed by atoms with E-state index >= 15 is 0 Å². The summed E-state index contributed by atoms with van der Waals surface area (Å²) in [6.45, 7) is 0. The van der Waals surface area contributed by atoms with E-state index < -0.39 is 5.97 Å². The van der Waals surface area contributed by atoms with Gasteiger partial charge in [0.25, 0.3) is 0 Å². The molecular weight excluding hydrogens is 214 g/mol. The SMILES string of the molecule is N.O=C(O)c1ccc(Cc2ccccc2)cc1. The van der Waals surface area contributed by atoms with Crippen molar-refractivity contribution in [2.45, 2.75) is 6.42 Å². The zero-order valence-electron chi connectivity index (χ0n) is 9.47. The molecule has 0 aliphatic carbocycles. The zero-order chi connectivity index (χ0) is 11.4. The number of aromatic carboxylic acids is 1. The number of hydrogen-bond acceptors (Lipinski definition) is 2. The summed E-state index contributed by atoms with van der Waals surface area (Å²) in [4.78, 5) is 10.7. The van der Waals surface area contributed by atoms with Crippen molar-refractivity contribution in [3.63, 3.8) is 0 Å². The molecule has 0 unspecified atom stereocenters. The predicted octanol–water partition coefficient (Wildman–Crippen LogP) is 3.14.